The molecule has 0 aromatic carbocycles. The van der Waals surface area contributed by atoms with Crippen LogP contribution in [0.25, 0.3) is 0 Å². The number of carbonyl (C=O) groups is 2. The number of hydrogen-bond acceptors (Lipinski definition) is 3. The van der Waals surface area contributed by atoms with Gasteiger partial charge in [0.15, 0.2) is 0 Å². The van der Waals surface area contributed by atoms with Crippen LogP contribution in [0.1, 0.15) is 6.92 Å². The summed E-state index contributed by atoms with van der Waals surface area (Å²) in [6.45, 7) is 2.13. The van der Waals surface area contributed by atoms with Gasteiger partial charge in [0.2, 0.25) is 0 Å². The number of hydrogen-bond donors (Lipinski definition) is 0. The van der Waals surface area contributed by atoms with E-state index in [0.717, 1.165) is 0 Å². The highest BCUT2D eigenvalue weighted by molar-refractivity contribution is 5.82. The lowest BCUT2D eigenvalue weighted by Crippen LogP contribution is -1.98. The molecule has 3 nitrogen and oxygen atoms in total. The van der Waals surface area contributed by atoms with Crippen molar-refractivity contribution in [1.82, 2.24) is 0 Å². The molecule has 0 aliphatic heterocycles. The van der Waals surface area contributed by atoms with E-state index in [1.54, 1.807) is 43.4 Å². The second kappa shape index (κ2) is 10.2. The summed E-state index contributed by atoms with van der Waals surface area (Å²) >= 11 is 0. The van der Waals surface area contributed by atoms with E-state index < -0.39 is 0 Å². The topological polar surface area (TPSA) is 43.4 Å². The molecule has 0 rings (SSSR count). The summed E-state index contributed by atoms with van der Waals surface area (Å²) in [6.07, 6.45) is 13.5. The standard InChI is InChI=1S/C12H14O3/c1-2-15-12(14)10-8-6-4-3-5-7-9-11-13/h3-11H,2H2,1H3. The molecule has 0 bridgehead atoms. The molecule has 0 aliphatic carbocycles. The second-order valence-corrected chi connectivity index (χ2v) is 2.40. The summed E-state index contributed by atoms with van der Waals surface area (Å²) in [4.78, 5) is 20.7. The van der Waals surface area contributed by atoms with E-state index in [1.165, 1.54) is 12.2 Å². The van der Waals surface area contributed by atoms with Crippen molar-refractivity contribution in [2.45, 2.75) is 6.92 Å². The number of ether oxygens (including phenoxy) is 1. The van der Waals surface area contributed by atoms with Crippen LogP contribution in [0.15, 0.2) is 48.6 Å². The van der Waals surface area contributed by atoms with Crippen molar-refractivity contribution in [3.8, 4) is 0 Å². The van der Waals surface area contributed by atoms with Gasteiger partial charge < -0.3 is 4.74 Å². The molecule has 0 saturated carbocycles. The van der Waals surface area contributed by atoms with Crippen LogP contribution >= 0.6 is 0 Å². The lowest BCUT2D eigenvalue weighted by atomic mass is 10.4. The molecular weight excluding hydrogens is 192 g/mol. The van der Waals surface area contributed by atoms with Gasteiger partial charge in [-0.25, -0.2) is 4.79 Å². The van der Waals surface area contributed by atoms with Crippen LogP contribution < -0.4 is 0 Å². The molecule has 0 spiro atoms. The van der Waals surface area contributed by atoms with Crippen molar-refractivity contribution in [3.05, 3.63) is 48.6 Å². The van der Waals surface area contributed by atoms with Crippen LogP contribution in [-0.4, -0.2) is 18.9 Å². The quantitative estimate of drug-likeness (QED) is 0.289. The fourth-order valence-corrected chi connectivity index (χ4v) is 0.691. The highest BCUT2D eigenvalue weighted by atomic mass is 16.5. The Morgan fingerprint density at radius 3 is 2.07 bits per heavy atom. The van der Waals surface area contributed by atoms with Gasteiger partial charge in [0.05, 0.1) is 6.61 Å². The Morgan fingerprint density at radius 2 is 1.53 bits per heavy atom. The third-order valence-electron chi connectivity index (χ3n) is 1.26. The van der Waals surface area contributed by atoms with Crippen molar-refractivity contribution in [2.24, 2.45) is 0 Å². The minimum atomic E-state index is -0.355. The molecule has 15 heavy (non-hydrogen) atoms. The third kappa shape index (κ3) is 10.0. The molecule has 0 aromatic heterocycles. The van der Waals surface area contributed by atoms with Crippen molar-refractivity contribution in [3.63, 3.8) is 0 Å². The molecule has 0 radical (unpaired) electrons. The van der Waals surface area contributed by atoms with Gasteiger partial charge >= 0.3 is 5.97 Å². The zero-order valence-corrected chi connectivity index (χ0v) is 8.63. The van der Waals surface area contributed by atoms with Crippen LogP contribution in [0.3, 0.4) is 0 Å². The Kier molecular flexibility index (Phi) is 8.89. The predicted molar refractivity (Wildman–Crippen MR) is 59.3 cm³/mol. The van der Waals surface area contributed by atoms with Gasteiger partial charge in [-0.15, -0.1) is 0 Å². The summed E-state index contributed by atoms with van der Waals surface area (Å²) in [5, 5.41) is 0. The fourth-order valence-electron chi connectivity index (χ4n) is 0.691. The molecule has 0 amide bonds. The number of carbonyl (C=O) groups excluding carboxylic acids is 2. The maximum Gasteiger partial charge on any atom is 0.330 e. The molecule has 0 saturated heterocycles. The summed E-state index contributed by atoms with van der Waals surface area (Å²) in [7, 11) is 0. The molecular formula is C12H14O3. The Bertz CT molecular complexity index is 296. The first-order chi connectivity index (χ1) is 7.31. The van der Waals surface area contributed by atoms with E-state index in [9.17, 15) is 9.59 Å². The van der Waals surface area contributed by atoms with Gasteiger partial charge in [0, 0.05) is 6.08 Å². The lowest BCUT2D eigenvalue weighted by molar-refractivity contribution is -0.137. The summed E-state index contributed by atoms with van der Waals surface area (Å²) in [6, 6.07) is 0. The first-order valence-corrected chi connectivity index (χ1v) is 4.60. The number of rotatable bonds is 6. The molecule has 80 valence electrons. The summed E-state index contributed by atoms with van der Waals surface area (Å²) in [5.74, 6) is -0.355. The zero-order chi connectivity index (χ0) is 11.4. The van der Waals surface area contributed by atoms with Gasteiger partial charge in [-0.2, -0.15) is 0 Å². The van der Waals surface area contributed by atoms with Gasteiger partial charge in [0.25, 0.3) is 0 Å². The van der Waals surface area contributed by atoms with E-state index in [0.29, 0.717) is 12.9 Å². The maximum atomic E-state index is 10.8. The Morgan fingerprint density at radius 1 is 1.00 bits per heavy atom. The maximum absolute atomic E-state index is 10.8. The van der Waals surface area contributed by atoms with Crippen LogP contribution in [0, 0.1) is 0 Å². The molecule has 0 N–H and O–H groups in total. The minimum absolute atomic E-state index is 0.355. The van der Waals surface area contributed by atoms with Crippen molar-refractivity contribution < 1.29 is 14.3 Å². The minimum Gasteiger partial charge on any atom is -0.463 e. The van der Waals surface area contributed by atoms with E-state index in [4.69, 9.17) is 0 Å². The van der Waals surface area contributed by atoms with Crippen LogP contribution in [0.4, 0.5) is 0 Å². The van der Waals surface area contributed by atoms with Crippen molar-refractivity contribution in [2.75, 3.05) is 6.61 Å². The van der Waals surface area contributed by atoms with Crippen LogP contribution in [-0.2, 0) is 14.3 Å². The van der Waals surface area contributed by atoms with E-state index in [2.05, 4.69) is 4.74 Å². The molecule has 0 heterocycles. The molecule has 0 fully saturated rings. The first-order valence-electron chi connectivity index (χ1n) is 4.60. The average Bonchev–Trinajstić information content (AvgIpc) is 2.22. The Hall–Kier alpha value is -1.90. The highest BCUT2D eigenvalue weighted by Crippen LogP contribution is 1.84. The smallest absolute Gasteiger partial charge is 0.330 e. The van der Waals surface area contributed by atoms with Crippen molar-refractivity contribution in [1.29, 1.82) is 0 Å². The largest absolute Gasteiger partial charge is 0.463 e. The van der Waals surface area contributed by atoms with Gasteiger partial charge in [-0.1, -0.05) is 36.5 Å². The van der Waals surface area contributed by atoms with Gasteiger partial charge in [-0.3, -0.25) is 4.79 Å². The fraction of sp³-hybridized carbons (Fsp3) is 0.167. The monoisotopic (exact) mass is 206 g/mol. The van der Waals surface area contributed by atoms with E-state index in [1.807, 2.05) is 0 Å². The number of aldehydes is 1. The Balaban J connectivity index is 3.79. The van der Waals surface area contributed by atoms with Gasteiger partial charge in [-0.05, 0) is 13.0 Å². The van der Waals surface area contributed by atoms with E-state index >= 15 is 0 Å². The zero-order valence-electron chi connectivity index (χ0n) is 8.63. The molecule has 0 unspecified atom stereocenters. The lowest BCUT2D eigenvalue weighted by Gasteiger charge is -1.92. The molecule has 0 atom stereocenters. The Labute approximate surface area is 89.4 Å². The third-order valence-corrected chi connectivity index (χ3v) is 1.26. The van der Waals surface area contributed by atoms with Crippen LogP contribution in [0.2, 0.25) is 0 Å². The van der Waals surface area contributed by atoms with Gasteiger partial charge in [0.1, 0.15) is 6.29 Å². The first kappa shape index (κ1) is 13.1. The normalized spacial score (nSPS) is 12.1. The second-order valence-electron chi connectivity index (χ2n) is 2.40. The van der Waals surface area contributed by atoms with Crippen LogP contribution in [0.5, 0.6) is 0 Å². The molecule has 3 heteroatoms. The molecule has 0 aromatic rings. The van der Waals surface area contributed by atoms with Crippen molar-refractivity contribution >= 4 is 12.3 Å². The summed E-state index contributed by atoms with van der Waals surface area (Å²) < 4.78 is 4.67. The predicted octanol–water partition coefficient (Wildman–Crippen LogP) is 1.97. The highest BCUT2D eigenvalue weighted by Gasteiger charge is 1.89. The average molecular weight is 206 g/mol. The number of esters is 1. The molecule has 0 aliphatic rings. The van der Waals surface area contributed by atoms with E-state index in [-0.39, 0.29) is 5.97 Å². The summed E-state index contributed by atoms with van der Waals surface area (Å²) in [5.41, 5.74) is 0. The SMILES string of the molecule is CCOC(=O)C=CC=CC=CC=CC=O. The number of allylic oxidation sites excluding steroid dienone is 7.